The van der Waals surface area contributed by atoms with Crippen molar-refractivity contribution in [3.05, 3.63) is 119 Å². The monoisotopic (exact) mass is 463 g/mol. The molecule has 1 aliphatic heterocycles. The Labute approximate surface area is 203 Å². The minimum absolute atomic E-state index is 0.0921. The molecule has 0 saturated carbocycles. The van der Waals surface area contributed by atoms with Gasteiger partial charge in [-0.3, -0.25) is 9.59 Å². The number of ketones is 1. The number of likely N-dealkylation sites (tertiary alicyclic amines) is 1. The van der Waals surface area contributed by atoms with Crippen LogP contribution in [0.15, 0.2) is 96.6 Å². The molecular weight excluding hydrogens is 438 g/mol. The van der Waals surface area contributed by atoms with Gasteiger partial charge in [0.2, 0.25) is 0 Å². The number of Topliss-reactive ketones (excluding diaryl/α,β-unsaturated/α-hetero) is 1. The molecule has 1 saturated heterocycles. The van der Waals surface area contributed by atoms with Crippen molar-refractivity contribution in [2.24, 2.45) is 0 Å². The molecule has 5 rings (SSSR count). The number of carbonyl (C=O) groups excluding carboxylic acids is 2. The van der Waals surface area contributed by atoms with Crippen molar-refractivity contribution in [3.8, 4) is 5.75 Å². The molecule has 4 aromatic carbocycles. The summed E-state index contributed by atoms with van der Waals surface area (Å²) in [4.78, 5) is 28.3. The molecule has 1 heterocycles. The molecule has 1 aliphatic rings. The smallest absolute Gasteiger partial charge is 0.295 e. The Morgan fingerprint density at radius 1 is 0.886 bits per heavy atom. The number of hydrogen-bond donors (Lipinski definition) is 1. The van der Waals surface area contributed by atoms with E-state index in [4.69, 9.17) is 4.74 Å². The molecule has 0 bridgehead atoms. The number of rotatable bonds is 5. The SMILES string of the molecule is COc1ccccc1CN1C(=O)C(=O)/C(=C(/O)c2ccc3ccccc3c2)C1c1ccccc1C. The Morgan fingerprint density at radius 2 is 1.57 bits per heavy atom. The molecular formula is C30H25NO4. The van der Waals surface area contributed by atoms with Gasteiger partial charge in [0, 0.05) is 11.1 Å². The molecule has 1 N–H and O–H groups in total. The fraction of sp³-hybridized carbons (Fsp3) is 0.133. The summed E-state index contributed by atoms with van der Waals surface area (Å²) in [6.07, 6.45) is 0. The summed E-state index contributed by atoms with van der Waals surface area (Å²) in [5.41, 5.74) is 3.09. The lowest BCUT2D eigenvalue weighted by Crippen LogP contribution is -2.29. The minimum Gasteiger partial charge on any atom is -0.507 e. The van der Waals surface area contributed by atoms with Crippen LogP contribution in [0, 0.1) is 6.92 Å². The number of benzene rings is 4. The quantitative estimate of drug-likeness (QED) is 0.232. The molecule has 1 unspecified atom stereocenters. The van der Waals surface area contributed by atoms with Crippen LogP contribution in [0.5, 0.6) is 5.75 Å². The van der Waals surface area contributed by atoms with Gasteiger partial charge < -0.3 is 14.7 Å². The van der Waals surface area contributed by atoms with Gasteiger partial charge in [-0.25, -0.2) is 0 Å². The first-order valence-corrected chi connectivity index (χ1v) is 11.4. The van der Waals surface area contributed by atoms with Crippen LogP contribution in [-0.4, -0.2) is 28.8 Å². The van der Waals surface area contributed by atoms with Gasteiger partial charge in [0.25, 0.3) is 11.7 Å². The Bertz CT molecular complexity index is 1490. The minimum atomic E-state index is -0.729. The second kappa shape index (κ2) is 9.11. The third-order valence-electron chi connectivity index (χ3n) is 6.58. The Morgan fingerprint density at radius 3 is 2.34 bits per heavy atom. The van der Waals surface area contributed by atoms with Crippen LogP contribution in [0.3, 0.4) is 0 Å². The molecule has 0 radical (unpaired) electrons. The number of nitrogens with zero attached hydrogens (tertiary/aromatic N) is 1. The van der Waals surface area contributed by atoms with Gasteiger partial charge in [-0.05, 0) is 41.0 Å². The van der Waals surface area contributed by atoms with Crippen molar-refractivity contribution in [1.82, 2.24) is 4.90 Å². The second-order valence-electron chi connectivity index (χ2n) is 8.66. The molecule has 4 aromatic rings. The normalized spacial score (nSPS) is 17.2. The van der Waals surface area contributed by atoms with E-state index in [1.54, 1.807) is 13.2 Å². The van der Waals surface area contributed by atoms with Crippen LogP contribution in [-0.2, 0) is 16.1 Å². The van der Waals surface area contributed by atoms with E-state index in [2.05, 4.69) is 0 Å². The highest BCUT2D eigenvalue weighted by Gasteiger charge is 2.46. The topological polar surface area (TPSA) is 66.8 Å². The zero-order chi connectivity index (χ0) is 24.5. The molecule has 1 amide bonds. The van der Waals surface area contributed by atoms with Crippen LogP contribution in [0.25, 0.3) is 16.5 Å². The number of carbonyl (C=O) groups is 2. The number of aliphatic hydroxyl groups excluding tert-OH is 1. The highest BCUT2D eigenvalue weighted by atomic mass is 16.5. The summed E-state index contributed by atoms with van der Waals surface area (Å²) in [6, 6.07) is 27.6. The van der Waals surface area contributed by atoms with Crippen LogP contribution >= 0.6 is 0 Å². The van der Waals surface area contributed by atoms with Gasteiger partial charge in [-0.15, -0.1) is 0 Å². The maximum Gasteiger partial charge on any atom is 0.295 e. The lowest BCUT2D eigenvalue weighted by molar-refractivity contribution is -0.140. The van der Waals surface area contributed by atoms with Crippen molar-refractivity contribution < 1.29 is 19.4 Å². The average molecular weight is 464 g/mol. The second-order valence-corrected chi connectivity index (χ2v) is 8.66. The Balaban J connectivity index is 1.68. The molecule has 1 atom stereocenters. The van der Waals surface area contributed by atoms with Gasteiger partial charge in [-0.1, -0.05) is 78.9 Å². The largest absolute Gasteiger partial charge is 0.507 e. The number of methoxy groups -OCH3 is 1. The number of amides is 1. The van der Waals surface area contributed by atoms with E-state index in [1.807, 2.05) is 91.9 Å². The first-order valence-electron chi connectivity index (χ1n) is 11.4. The highest BCUT2D eigenvalue weighted by molar-refractivity contribution is 6.46. The number of ether oxygens (including phenoxy) is 1. The van der Waals surface area contributed by atoms with E-state index in [9.17, 15) is 14.7 Å². The number of hydrogen-bond acceptors (Lipinski definition) is 4. The predicted octanol–water partition coefficient (Wildman–Crippen LogP) is 5.78. The van der Waals surface area contributed by atoms with Gasteiger partial charge in [-0.2, -0.15) is 0 Å². The lowest BCUT2D eigenvalue weighted by Gasteiger charge is -2.27. The van der Waals surface area contributed by atoms with E-state index in [1.165, 1.54) is 4.90 Å². The average Bonchev–Trinajstić information content (AvgIpc) is 3.13. The summed E-state index contributed by atoms with van der Waals surface area (Å²) < 4.78 is 5.48. The van der Waals surface area contributed by atoms with E-state index in [-0.39, 0.29) is 17.9 Å². The van der Waals surface area contributed by atoms with E-state index >= 15 is 0 Å². The van der Waals surface area contributed by atoms with Crippen molar-refractivity contribution in [2.45, 2.75) is 19.5 Å². The fourth-order valence-electron chi connectivity index (χ4n) is 4.77. The van der Waals surface area contributed by atoms with Gasteiger partial charge >= 0.3 is 0 Å². The molecule has 0 aliphatic carbocycles. The summed E-state index contributed by atoms with van der Waals surface area (Å²) in [5, 5.41) is 13.4. The molecule has 0 spiro atoms. The zero-order valence-electron chi connectivity index (χ0n) is 19.6. The number of aryl methyl sites for hydroxylation is 1. The van der Waals surface area contributed by atoms with Crippen molar-refractivity contribution in [2.75, 3.05) is 7.11 Å². The van der Waals surface area contributed by atoms with E-state index < -0.39 is 17.7 Å². The van der Waals surface area contributed by atoms with Crippen molar-refractivity contribution >= 4 is 28.2 Å². The number of fused-ring (bicyclic) bond motifs is 1. The van der Waals surface area contributed by atoms with Crippen molar-refractivity contribution in [1.29, 1.82) is 0 Å². The maximum atomic E-state index is 13.4. The van der Waals surface area contributed by atoms with E-state index in [0.717, 1.165) is 27.5 Å². The van der Waals surface area contributed by atoms with Gasteiger partial charge in [0.05, 0.1) is 25.3 Å². The molecule has 5 heteroatoms. The molecule has 35 heavy (non-hydrogen) atoms. The Kier molecular flexibility index (Phi) is 5.83. The summed E-state index contributed by atoms with van der Waals surface area (Å²) in [5.74, 6) is -0.886. The fourth-order valence-corrected chi connectivity index (χ4v) is 4.77. The lowest BCUT2D eigenvalue weighted by atomic mass is 9.92. The van der Waals surface area contributed by atoms with Crippen LogP contribution in [0.2, 0.25) is 0 Å². The predicted molar refractivity (Wildman–Crippen MR) is 136 cm³/mol. The Hall–Kier alpha value is -4.38. The van der Waals surface area contributed by atoms with Crippen molar-refractivity contribution in [3.63, 3.8) is 0 Å². The molecule has 174 valence electrons. The number of para-hydroxylation sites is 1. The first-order chi connectivity index (χ1) is 17.0. The third-order valence-corrected chi connectivity index (χ3v) is 6.58. The van der Waals surface area contributed by atoms with Crippen LogP contribution in [0.4, 0.5) is 0 Å². The maximum absolute atomic E-state index is 13.4. The summed E-state index contributed by atoms with van der Waals surface area (Å²) in [6.45, 7) is 2.11. The zero-order valence-corrected chi connectivity index (χ0v) is 19.6. The van der Waals surface area contributed by atoms with Gasteiger partial charge in [0.1, 0.15) is 11.5 Å². The number of aliphatic hydroxyl groups is 1. The summed E-state index contributed by atoms with van der Waals surface area (Å²) >= 11 is 0. The first kappa shape index (κ1) is 22.4. The van der Waals surface area contributed by atoms with Crippen LogP contribution < -0.4 is 4.74 Å². The molecule has 1 fully saturated rings. The molecule has 5 nitrogen and oxygen atoms in total. The van der Waals surface area contributed by atoms with Gasteiger partial charge in [0.15, 0.2) is 0 Å². The van der Waals surface area contributed by atoms with Crippen LogP contribution in [0.1, 0.15) is 28.3 Å². The van der Waals surface area contributed by atoms with E-state index in [0.29, 0.717) is 11.3 Å². The standard InChI is InChI=1S/C30H25NO4/c1-19-9-3-7-13-24(19)27-26(28(32)22-16-15-20-10-4-5-11-21(20)17-22)29(33)30(34)31(27)18-23-12-6-8-14-25(23)35-2/h3-17,27,32H,18H2,1-2H3/b28-26+. The molecule has 0 aromatic heterocycles. The summed E-state index contributed by atoms with van der Waals surface area (Å²) in [7, 11) is 1.57. The third kappa shape index (κ3) is 3.95. The highest BCUT2D eigenvalue weighted by Crippen LogP contribution is 2.42.